The Morgan fingerprint density at radius 2 is 2.06 bits per heavy atom. The number of aliphatic hydroxyl groups is 1. The van der Waals surface area contributed by atoms with Gasteiger partial charge in [0.1, 0.15) is 6.23 Å². The average Bonchev–Trinajstić information content (AvgIpc) is 1.96. The first kappa shape index (κ1) is 12.5. The summed E-state index contributed by atoms with van der Waals surface area (Å²) in [5.41, 5.74) is 8.26. The molecule has 16 heavy (non-hydrogen) atoms. The topological polar surface area (TPSA) is 102 Å². The number of halogens is 3. The second-order valence-corrected chi connectivity index (χ2v) is 3.11. The van der Waals surface area contributed by atoms with Gasteiger partial charge in [0.05, 0.1) is 12.0 Å². The monoisotopic (exact) mass is 238 g/mol. The van der Waals surface area contributed by atoms with Crippen molar-refractivity contribution in [3.05, 3.63) is 27.6 Å². The Morgan fingerprint density at radius 1 is 1.50 bits per heavy atom. The lowest BCUT2D eigenvalue weighted by atomic mass is 10.1. The Morgan fingerprint density at radius 3 is 2.50 bits per heavy atom. The van der Waals surface area contributed by atoms with E-state index in [2.05, 4.69) is 4.42 Å². The van der Waals surface area contributed by atoms with Gasteiger partial charge in [-0.1, -0.05) is 0 Å². The molecule has 0 aromatic carbocycles. The molecular weight excluding hydrogens is 229 g/mol. The van der Waals surface area contributed by atoms with E-state index in [1.165, 1.54) is 0 Å². The van der Waals surface area contributed by atoms with Crippen molar-refractivity contribution < 1.29 is 22.7 Å². The molecule has 0 amide bonds. The second kappa shape index (κ2) is 4.14. The number of aliphatic hydroxyl groups excluding tert-OH is 1. The zero-order valence-electron chi connectivity index (χ0n) is 7.91. The highest BCUT2D eigenvalue weighted by Crippen LogP contribution is 2.27. The van der Waals surface area contributed by atoms with Crippen molar-refractivity contribution in [2.45, 2.75) is 18.8 Å². The van der Waals surface area contributed by atoms with Crippen LogP contribution < -0.4 is 17.1 Å². The third kappa shape index (κ3) is 2.97. The molecule has 0 spiro atoms. The fourth-order valence-corrected chi connectivity index (χ4v) is 1.27. The number of nitrogens with two attached hydrogens (primary N) is 2. The van der Waals surface area contributed by atoms with Crippen LogP contribution in [0.2, 0.25) is 0 Å². The quantitative estimate of drug-likeness (QED) is 0.642. The molecule has 0 saturated carbocycles. The summed E-state index contributed by atoms with van der Waals surface area (Å²) in [6, 6.07) is 0.606. The number of anilines is 1. The average molecular weight is 238 g/mol. The van der Waals surface area contributed by atoms with Crippen LogP contribution in [0.25, 0.3) is 0 Å². The summed E-state index contributed by atoms with van der Waals surface area (Å²) < 4.78 is 40.8. The first-order chi connectivity index (χ1) is 7.20. The Kier molecular flexibility index (Phi) is 3.24. The fourth-order valence-electron chi connectivity index (χ4n) is 1.27. The minimum atomic E-state index is -4.54. The van der Waals surface area contributed by atoms with Crippen LogP contribution in [0.3, 0.4) is 0 Å². The van der Waals surface area contributed by atoms with Gasteiger partial charge in [-0.3, -0.25) is 0 Å². The minimum absolute atomic E-state index is 0.420. The van der Waals surface area contributed by atoms with E-state index in [1.54, 1.807) is 0 Å². The van der Waals surface area contributed by atoms with Gasteiger partial charge in [-0.05, 0) is 5.56 Å². The molecule has 1 aromatic heterocycles. The highest BCUT2D eigenvalue weighted by molar-refractivity contribution is 5.43. The van der Waals surface area contributed by atoms with E-state index in [1.807, 2.05) is 0 Å². The molecule has 0 saturated heterocycles. The maximum atomic E-state index is 12.2. The highest BCUT2D eigenvalue weighted by atomic mass is 19.4. The fraction of sp³-hybridized carbons (Fsp3) is 0.375. The lowest BCUT2D eigenvalue weighted by Crippen LogP contribution is -2.21. The van der Waals surface area contributed by atoms with Crippen LogP contribution in [0.1, 0.15) is 17.4 Å². The molecular formula is C8H9F3N2O3. The Balaban J connectivity index is 3.30. The molecule has 1 aromatic rings. The van der Waals surface area contributed by atoms with Crippen LogP contribution in [0, 0.1) is 0 Å². The van der Waals surface area contributed by atoms with E-state index in [4.69, 9.17) is 16.6 Å². The summed E-state index contributed by atoms with van der Waals surface area (Å²) in [6.45, 7) is 0. The summed E-state index contributed by atoms with van der Waals surface area (Å²) in [7, 11) is 0. The van der Waals surface area contributed by atoms with E-state index in [0.717, 1.165) is 0 Å². The van der Waals surface area contributed by atoms with Crippen LogP contribution in [0.4, 0.5) is 19.1 Å². The van der Waals surface area contributed by atoms with E-state index in [-0.39, 0.29) is 0 Å². The molecule has 0 bridgehead atoms. The SMILES string of the molecule is Nc1oc(=O)cc(CC(F)(F)F)c1C(N)O. The summed E-state index contributed by atoms with van der Waals surface area (Å²) in [6.07, 6.45) is -7.68. The summed E-state index contributed by atoms with van der Waals surface area (Å²) in [4.78, 5) is 10.8. The lowest BCUT2D eigenvalue weighted by molar-refractivity contribution is -0.127. The van der Waals surface area contributed by atoms with Crippen molar-refractivity contribution in [2.75, 3.05) is 5.73 Å². The molecule has 0 aliphatic carbocycles. The summed E-state index contributed by atoms with van der Waals surface area (Å²) in [5, 5.41) is 9.04. The molecule has 0 aliphatic heterocycles. The molecule has 0 radical (unpaired) electrons. The highest BCUT2D eigenvalue weighted by Gasteiger charge is 2.31. The minimum Gasteiger partial charge on any atom is -0.406 e. The van der Waals surface area contributed by atoms with Gasteiger partial charge in [-0.15, -0.1) is 0 Å². The van der Waals surface area contributed by atoms with E-state index in [0.29, 0.717) is 6.07 Å². The molecule has 1 heterocycles. The van der Waals surface area contributed by atoms with Gasteiger partial charge in [-0.25, -0.2) is 4.79 Å². The van der Waals surface area contributed by atoms with Crippen LogP contribution in [0.15, 0.2) is 15.3 Å². The van der Waals surface area contributed by atoms with Gasteiger partial charge in [0.2, 0.25) is 5.88 Å². The number of alkyl halides is 3. The Bertz CT molecular complexity index is 439. The third-order valence-electron chi connectivity index (χ3n) is 1.80. The van der Waals surface area contributed by atoms with Gasteiger partial charge < -0.3 is 21.0 Å². The molecule has 90 valence electrons. The molecule has 1 unspecified atom stereocenters. The molecule has 1 rings (SSSR count). The second-order valence-electron chi connectivity index (χ2n) is 3.11. The number of hydrogen-bond acceptors (Lipinski definition) is 5. The maximum Gasteiger partial charge on any atom is 0.393 e. The molecule has 0 fully saturated rings. The van der Waals surface area contributed by atoms with Crippen LogP contribution in [-0.2, 0) is 6.42 Å². The maximum absolute atomic E-state index is 12.2. The Hall–Kier alpha value is -1.54. The smallest absolute Gasteiger partial charge is 0.393 e. The van der Waals surface area contributed by atoms with E-state index >= 15 is 0 Å². The molecule has 0 aliphatic rings. The van der Waals surface area contributed by atoms with Gasteiger partial charge >= 0.3 is 11.8 Å². The van der Waals surface area contributed by atoms with Crippen molar-refractivity contribution in [3.63, 3.8) is 0 Å². The van der Waals surface area contributed by atoms with Crippen molar-refractivity contribution in [1.29, 1.82) is 0 Å². The first-order valence-corrected chi connectivity index (χ1v) is 4.13. The van der Waals surface area contributed by atoms with Gasteiger partial charge in [-0.2, -0.15) is 13.2 Å². The standard InChI is InChI=1S/C8H9F3N2O3/c9-8(10,11)2-3-1-4(14)16-7(13)5(3)6(12)15/h1,6,15H,2,12-13H2. The van der Waals surface area contributed by atoms with Gasteiger partial charge in [0, 0.05) is 6.07 Å². The van der Waals surface area contributed by atoms with Crippen LogP contribution in [0.5, 0.6) is 0 Å². The first-order valence-electron chi connectivity index (χ1n) is 4.13. The zero-order chi connectivity index (χ0) is 12.5. The summed E-state index contributed by atoms with van der Waals surface area (Å²) in [5.74, 6) is -0.609. The molecule has 5 N–H and O–H groups in total. The van der Waals surface area contributed by atoms with Gasteiger partial charge in [0.15, 0.2) is 0 Å². The number of hydrogen-bond donors (Lipinski definition) is 3. The number of nitrogen functional groups attached to an aromatic ring is 1. The molecule has 8 heteroatoms. The van der Waals surface area contributed by atoms with Crippen molar-refractivity contribution >= 4 is 5.88 Å². The van der Waals surface area contributed by atoms with Crippen molar-refractivity contribution in [1.82, 2.24) is 0 Å². The van der Waals surface area contributed by atoms with Gasteiger partial charge in [0.25, 0.3) is 0 Å². The third-order valence-corrected chi connectivity index (χ3v) is 1.80. The van der Waals surface area contributed by atoms with E-state index < -0.39 is 41.5 Å². The molecule has 1 atom stereocenters. The normalized spacial score (nSPS) is 13.8. The predicted molar refractivity (Wildman–Crippen MR) is 48.3 cm³/mol. The van der Waals surface area contributed by atoms with Crippen LogP contribution in [-0.4, -0.2) is 11.3 Å². The number of rotatable bonds is 2. The van der Waals surface area contributed by atoms with Crippen molar-refractivity contribution in [2.24, 2.45) is 5.73 Å². The molecule has 5 nitrogen and oxygen atoms in total. The predicted octanol–water partition coefficient (Wildman–Crippen LogP) is 0.276. The lowest BCUT2D eigenvalue weighted by Gasteiger charge is -2.14. The zero-order valence-corrected chi connectivity index (χ0v) is 7.91. The Labute approximate surface area is 87.5 Å². The van der Waals surface area contributed by atoms with Crippen molar-refractivity contribution in [3.8, 4) is 0 Å². The van der Waals surface area contributed by atoms with E-state index in [9.17, 15) is 18.0 Å². The largest absolute Gasteiger partial charge is 0.406 e. The van der Waals surface area contributed by atoms with Crippen LogP contribution >= 0.6 is 0 Å². The summed E-state index contributed by atoms with van der Waals surface area (Å²) >= 11 is 0.